The van der Waals surface area contributed by atoms with E-state index in [-0.39, 0.29) is 32.5 Å². The number of nitrogens with zero attached hydrogens (tertiary/aromatic N) is 9. The van der Waals surface area contributed by atoms with Crippen molar-refractivity contribution in [1.82, 2.24) is 44.9 Å². The van der Waals surface area contributed by atoms with Crippen molar-refractivity contribution in [2.24, 2.45) is 0 Å². The maximum Gasteiger partial charge on any atom is 0.164 e. The lowest BCUT2D eigenvalue weighted by Crippen LogP contribution is -2.44. The van der Waals surface area contributed by atoms with Crippen LogP contribution in [0.4, 0.5) is 0 Å². The van der Waals surface area contributed by atoms with E-state index < -0.39 is 0 Å². The van der Waals surface area contributed by atoms with Crippen molar-refractivity contribution in [3.8, 4) is 136 Å². The summed E-state index contributed by atoms with van der Waals surface area (Å²) in [4.78, 5) is 46.1. The van der Waals surface area contributed by atoms with Crippen LogP contribution in [0.5, 0.6) is 0 Å². The smallest absolute Gasteiger partial charge is 0.164 e. The minimum atomic E-state index is -0.267. The van der Waals surface area contributed by atoms with Crippen molar-refractivity contribution < 1.29 is 4.42 Å². The third kappa shape index (κ3) is 14.0. The van der Waals surface area contributed by atoms with Gasteiger partial charge in [0.25, 0.3) is 0 Å². The van der Waals surface area contributed by atoms with Gasteiger partial charge in [-0.2, -0.15) is 0 Å². The third-order valence-corrected chi connectivity index (χ3v) is 32.8. The molecule has 0 spiro atoms. The van der Waals surface area contributed by atoms with Crippen LogP contribution in [0, 0.1) is 0 Å². The Morgan fingerprint density at radius 2 is 0.448 bits per heavy atom. The summed E-state index contributed by atoms with van der Waals surface area (Å²) in [6.07, 6.45) is 0. The molecule has 143 heavy (non-hydrogen) atoms. The normalized spacial score (nSPS) is 14.6. The lowest BCUT2D eigenvalue weighted by Gasteiger charge is -2.49. The first-order valence-corrected chi connectivity index (χ1v) is 49.6. The summed E-state index contributed by atoms with van der Waals surface area (Å²) >= 11 is 0. The summed E-state index contributed by atoms with van der Waals surface area (Å²) in [5, 5.41) is 19.6. The summed E-state index contributed by atoms with van der Waals surface area (Å²) in [6.45, 7) is 28.7. The van der Waals surface area contributed by atoms with Gasteiger partial charge in [0.2, 0.25) is 0 Å². The Morgan fingerprint density at radius 3 is 0.916 bits per heavy atom. The van der Waals surface area contributed by atoms with Crippen molar-refractivity contribution in [2.75, 3.05) is 0 Å². The molecule has 4 aromatic heterocycles. The Bertz CT molecular complexity index is 9210. The van der Waals surface area contributed by atoms with Crippen molar-refractivity contribution in [2.45, 2.75) is 116 Å². The molecule has 27 rings (SSSR count). The van der Waals surface area contributed by atoms with Crippen LogP contribution in [-0.2, 0) is 32.5 Å². The standard InChI is InChI=1S/C47H35N3O.C45H35N3.C41H33N3/c1-46(2)37-27-26-31-30-17-9-8-14-28(30)24-25-32(31)40(37)34-19-12-21-36(42(34)47(46,3)4)45-49-43(29-15-6-5-7-16-29)48-44(50-45)35-20-13-23-39-41(35)33-18-10-11-22-38(33)51-39;1-44(2)38-25-23-28-14-11-12-19-32(28)40(38)37-27-36-31(26-39(37)45(44,3)4)22-24-34-33(36)20-13-21-35(34)43-47-41(29-15-7-5-8-16-29)46-42(48-43)30-17-9-6-10-18-30;1-40(2)34-25-24-30-29-19-12-11-14-26(29)22-23-31(30)35(34)32-20-13-21-33(36(32)41(40,3)4)39-43-37(27-15-7-5-8-16-27)42-38(44-39)28-17-9-6-10-18-28/h5-27H,1-4H3;5-27H,1-4H3;5-25H,1-4H3. The highest BCUT2D eigenvalue weighted by Gasteiger charge is 2.51. The zero-order valence-corrected chi connectivity index (χ0v) is 82.1. The van der Waals surface area contributed by atoms with Crippen molar-refractivity contribution in [3.63, 3.8) is 0 Å². The average molecular weight is 1840 g/mol. The van der Waals surface area contributed by atoms with Gasteiger partial charge in [-0.1, -0.05) is 465 Å². The summed E-state index contributed by atoms with van der Waals surface area (Å²) in [7, 11) is 0. The molecule has 0 bridgehead atoms. The number of hydrogen-bond acceptors (Lipinski definition) is 10. The molecule has 10 heteroatoms. The van der Waals surface area contributed by atoms with E-state index in [2.05, 4.69) is 368 Å². The molecule has 0 saturated carbocycles. The first-order valence-electron chi connectivity index (χ1n) is 49.6. The number of fused-ring (bicyclic) bond motifs is 25. The van der Waals surface area contributed by atoms with Gasteiger partial charge in [0.15, 0.2) is 52.4 Å². The van der Waals surface area contributed by atoms with Crippen LogP contribution in [0.2, 0.25) is 0 Å². The van der Waals surface area contributed by atoms with Crippen molar-refractivity contribution in [1.29, 1.82) is 0 Å². The zero-order valence-electron chi connectivity index (χ0n) is 82.1. The first-order chi connectivity index (χ1) is 69.5. The Kier molecular flexibility index (Phi) is 20.4. The lowest BCUT2D eigenvalue weighted by molar-refractivity contribution is 0.299. The van der Waals surface area contributed by atoms with Gasteiger partial charge in [0.05, 0.1) is 0 Å². The molecule has 24 aromatic rings. The highest BCUT2D eigenvalue weighted by molar-refractivity contribution is 6.18. The zero-order chi connectivity index (χ0) is 97.2. The molecular weight excluding hydrogens is 1740 g/mol. The molecule has 0 fully saturated rings. The summed E-state index contributed by atoms with van der Waals surface area (Å²) in [5.41, 5.74) is 25.4. The van der Waals surface area contributed by atoms with Gasteiger partial charge in [0, 0.05) is 71.7 Å². The highest BCUT2D eigenvalue weighted by atomic mass is 16.3. The van der Waals surface area contributed by atoms with Gasteiger partial charge in [-0.05, 0) is 188 Å². The summed E-state index contributed by atoms with van der Waals surface area (Å²) < 4.78 is 6.29. The quantitative estimate of drug-likeness (QED) is 0.129. The molecule has 20 aromatic carbocycles. The molecule has 0 aliphatic heterocycles. The molecule has 4 heterocycles. The van der Waals surface area contributed by atoms with Crippen LogP contribution in [0.3, 0.4) is 0 Å². The Balaban J connectivity index is 0.000000113. The van der Waals surface area contributed by atoms with Gasteiger partial charge in [0.1, 0.15) is 11.2 Å². The first kappa shape index (κ1) is 87.5. The van der Waals surface area contributed by atoms with Gasteiger partial charge < -0.3 is 4.42 Å². The van der Waals surface area contributed by atoms with Gasteiger partial charge in [-0.25, -0.2) is 44.9 Å². The molecule has 0 amide bonds. The Labute approximate surface area is 832 Å². The predicted octanol–water partition coefficient (Wildman–Crippen LogP) is 34.3. The van der Waals surface area contributed by atoms with Crippen LogP contribution in [-0.4, -0.2) is 44.9 Å². The van der Waals surface area contributed by atoms with E-state index >= 15 is 0 Å². The predicted molar refractivity (Wildman–Crippen MR) is 593 cm³/mol. The van der Waals surface area contributed by atoms with E-state index in [1.807, 2.05) is 121 Å². The molecule has 686 valence electrons. The fourth-order valence-corrected chi connectivity index (χ4v) is 23.3. The summed E-state index contributed by atoms with van der Waals surface area (Å²) in [5.74, 6) is 5.99. The minimum Gasteiger partial charge on any atom is -0.456 e. The SMILES string of the molecule is CC1(C)c2cc3ccc4c(-c5nc(-c6ccccc6)nc(-c6ccccc6)n5)cccc4c3cc2-c2c(ccc3ccccc23)C1(C)C.CC1(C)c2ccc3c(ccc4ccccc43)c2-c2cccc(-c3nc(-c4ccccc4)nc(-c4cccc5oc6ccccc6c45)n3)c2C1(C)C.CC1(C)c2ccc3c(ccc4ccccc43)c2-c2cccc(-c3nc(-c4ccccc4)nc(-c4ccccc4)n3)c2C1(C)C. The van der Waals surface area contributed by atoms with Crippen LogP contribution >= 0.6 is 0 Å². The molecule has 3 aliphatic rings. The molecule has 0 N–H and O–H groups in total. The van der Waals surface area contributed by atoms with E-state index in [0.717, 1.165) is 77.4 Å². The Hall–Kier alpha value is -17.0. The van der Waals surface area contributed by atoms with Crippen LogP contribution < -0.4 is 0 Å². The van der Waals surface area contributed by atoms with Crippen LogP contribution in [0.1, 0.15) is 116 Å². The Morgan fingerprint density at radius 1 is 0.161 bits per heavy atom. The number of furan rings is 1. The van der Waals surface area contributed by atoms with Crippen LogP contribution in [0.15, 0.2) is 411 Å². The van der Waals surface area contributed by atoms with E-state index in [1.54, 1.807) is 0 Å². The van der Waals surface area contributed by atoms with E-state index in [9.17, 15) is 0 Å². The second-order valence-electron chi connectivity index (χ2n) is 41.8. The van der Waals surface area contributed by atoms with E-state index in [0.29, 0.717) is 52.4 Å². The highest BCUT2D eigenvalue weighted by Crippen LogP contribution is 2.62. The fraction of sp³-hybridized carbons (Fsp3) is 0.135. The number of hydrogen-bond donors (Lipinski definition) is 0. The largest absolute Gasteiger partial charge is 0.456 e. The molecule has 10 nitrogen and oxygen atoms in total. The van der Waals surface area contributed by atoms with Crippen molar-refractivity contribution in [3.05, 3.63) is 440 Å². The maximum atomic E-state index is 6.29. The molecular formula is C133H103N9O. The number of para-hydroxylation sites is 1. The number of aromatic nitrogens is 9. The average Bonchev–Trinajstić information content (AvgIpc) is 1.61. The second kappa shape index (κ2) is 33.4. The topological polar surface area (TPSA) is 129 Å². The molecule has 0 radical (unpaired) electrons. The van der Waals surface area contributed by atoms with E-state index in [1.165, 1.54) is 137 Å². The van der Waals surface area contributed by atoms with Gasteiger partial charge in [-0.3, -0.25) is 0 Å². The second-order valence-corrected chi connectivity index (χ2v) is 41.8. The number of rotatable bonds is 9. The molecule has 0 atom stereocenters. The molecule has 3 aliphatic carbocycles. The van der Waals surface area contributed by atoms with Crippen LogP contribution in [0.25, 0.3) is 233 Å². The monoisotopic (exact) mass is 1840 g/mol. The van der Waals surface area contributed by atoms with Crippen molar-refractivity contribution >= 4 is 97.3 Å². The minimum absolute atomic E-state index is 0.0529. The lowest BCUT2D eigenvalue weighted by atomic mass is 9.54. The third-order valence-electron chi connectivity index (χ3n) is 32.8. The van der Waals surface area contributed by atoms with E-state index in [4.69, 9.17) is 49.3 Å². The molecule has 0 unspecified atom stereocenters. The van der Waals surface area contributed by atoms with Gasteiger partial charge >= 0.3 is 0 Å². The maximum absolute atomic E-state index is 6.29. The fourth-order valence-electron chi connectivity index (χ4n) is 23.3. The van der Waals surface area contributed by atoms with Gasteiger partial charge in [-0.15, -0.1) is 0 Å². The molecule has 0 saturated heterocycles. The number of benzene rings is 20. The summed E-state index contributed by atoms with van der Waals surface area (Å²) in [6, 6.07) is 144.